The van der Waals surface area contributed by atoms with Gasteiger partial charge in [0.1, 0.15) is 17.0 Å². The third-order valence-electron chi connectivity index (χ3n) is 6.28. The number of piperazine rings is 1. The highest BCUT2D eigenvalue weighted by molar-refractivity contribution is 7.89. The number of benzene rings is 2. The molecule has 1 aliphatic heterocycles. The van der Waals surface area contributed by atoms with Gasteiger partial charge in [-0.3, -0.25) is 0 Å². The number of imidazole rings is 1. The van der Waals surface area contributed by atoms with E-state index in [1.807, 2.05) is 18.4 Å². The molecule has 0 unspecified atom stereocenters. The molecule has 0 amide bonds. The molecule has 1 saturated heterocycles. The van der Waals surface area contributed by atoms with Crippen LogP contribution in [0.5, 0.6) is 0 Å². The third-order valence-corrected chi connectivity index (χ3v) is 8.20. The maximum Gasteiger partial charge on any atom is 0.243 e. The molecule has 3 heterocycles. The van der Waals surface area contributed by atoms with Gasteiger partial charge in [0.15, 0.2) is 11.6 Å². The van der Waals surface area contributed by atoms with Crippen LogP contribution >= 0.6 is 0 Å². The number of fused-ring (bicyclic) bond motifs is 1. The average Bonchev–Trinajstić information content (AvgIpc) is 3.22. The third kappa shape index (κ3) is 4.79. The van der Waals surface area contributed by atoms with Crippen LogP contribution in [0.15, 0.2) is 47.5 Å². The summed E-state index contributed by atoms with van der Waals surface area (Å²) in [4.78, 5) is 12.8. The summed E-state index contributed by atoms with van der Waals surface area (Å²) in [5.41, 5.74) is 1.49. The maximum absolute atomic E-state index is 14.9. The second kappa shape index (κ2) is 9.77. The molecule has 4 aromatic rings. The minimum absolute atomic E-state index is 0.0329. The van der Waals surface area contributed by atoms with Gasteiger partial charge < -0.3 is 15.2 Å². The number of nitrogens with one attached hydrogen (secondary N) is 2. The number of aryl methyl sites for hydroxylation is 1. The van der Waals surface area contributed by atoms with Gasteiger partial charge in [0, 0.05) is 43.5 Å². The molecule has 1 aliphatic rings. The molecule has 2 N–H and O–H groups in total. The summed E-state index contributed by atoms with van der Waals surface area (Å²) in [6.07, 6.45) is 1.01. The highest BCUT2D eigenvalue weighted by Crippen LogP contribution is 2.30. The fourth-order valence-corrected chi connectivity index (χ4v) is 6.00. The molecule has 1 fully saturated rings. The quantitative estimate of drug-likeness (QED) is 0.391. The molecule has 2 aromatic carbocycles. The van der Waals surface area contributed by atoms with Crippen LogP contribution in [0.4, 0.5) is 20.4 Å². The summed E-state index contributed by atoms with van der Waals surface area (Å²) in [7, 11) is -3.59. The van der Waals surface area contributed by atoms with E-state index in [2.05, 4.69) is 25.6 Å². The predicted octanol–water partition coefficient (Wildman–Crippen LogP) is 4.00. The Morgan fingerprint density at radius 3 is 2.41 bits per heavy atom. The number of rotatable bonds is 6. The lowest BCUT2D eigenvalue weighted by Crippen LogP contribution is -2.46. The van der Waals surface area contributed by atoms with E-state index >= 15 is 0 Å². The highest BCUT2D eigenvalue weighted by Gasteiger charge is 2.25. The number of hydrogen-bond acceptors (Lipinski definition) is 7. The molecule has 0 bridgehead atoms. The van der Waals surface area contributed by atoms with Crippen molar-refractivity contribution in [1.82, 2.24) is 29.1 Å². The van der Waals surface area contributed by atoms with Crippen molar-refractivity contribution in [2.75, 3.05) is 31.5 Å². The first-order chi connectivity index (χ1) is 17.6. The van der Waals surface area contributed by atoms with Gasteiger partial charge in [0.05, 0.1) is 16.6 Å². The van der Waals surface area contributed by atoms with Crippen molar-refractivity contribution in [3.05, 3.63) is 60.1 Å². The normalized spacial score (nSPS) is 15.0. The van der Waals surface area contributed by atoms with Crippen molar-refractivity contribution in [3.8, 4) is 11.3 Å². The zero-order valence-corrected chi connectivity index (χ0v) is 21.5. The minimum Gasteiger partial charge on any atom is -0.326 e. The van der Waals surface area contributed by atoms with Crippen molar-refractivity contribution < 1.29 is 17.2 Å². The molecule has 2 aromatic heterocycles. The Morgan fingerprint density at radius 1 is 1.03 bits per heavy atom. The Kier molecular flexibility index (Phi) is 6.65. The van der Waals surface area contributed by atoms with Gasteiger partial charge >= 0.3 is 0 Å². The summed E-state index contributed by atoms with van der Waals surface area (Å²) in [6.45, 7) is 7.78. The molecule has 0 radical (unpaired) electrons. The molecule has 0 aliphatic carbocycles. The lowest BCUT2D eigenvalue weighted by molar-refractivity contribution is 0.360. The zero-order chi connectivity index (χ0) is 26.3. The van der Waals surface area contributed by atoms with Gasteiger partial charge in [-0.1, -0.05) is 0 Å². The topological polar surface area (TPSA) is 105 Å². The summed E-state index contributed by atoms with van der Waals surface area (Å²) in [5, 5.41) is 6.10. The SMILES string of the molecule is Cc1nc2c(F)cc(-c3nc(Nc4ccc(S(=O)(=O)N5CCNCC5)cc4)ncc3F)cc2n1C(C)C. The zero-order valence-electron chi connectivity index (χ0n) is 20.7. The fraction of sp³-hybridized carbons (Fsp3) is 0.320. The molecular formula is C25H27F2N7O2S. The Morgan fingerprint density at radius 2 is 1.73 bits per heavy atom. The van der Waals surface area contributed by atoms with Crippen molar-refractivity contribution in [3.63, 3.8) is 0 Å². The van der Waals surface area contributed by atoms with Crippen molar-refractivity contribution >= 4 is 32.7 Å². The number of anilines is 2. The fourth-order valence-electron chi connectivity index (χ4n) is 4.56. The molecule has 37 heavy (non-hydrogen) atoms. The van der Waals surface area contributed by atoms with Gasteiger partial charge in [-0.15, -0.1) is 0 Å². The molecule has 9 nitrogen and oxygen atoms in total. The Hall–Kier alpha value is -3.48. The van der Waals surface area contributed by atoms with Crippen LogP contribution in [0.1, 0.15) is 25.7 Å². The number of nitrogens with zero attached hydrogens (tertiary/aromatic N) is 5. The van der Waals surface area contributed by atoms with Crippen molar-refractivity contribution in [2.45, 2.75) is 31.7 Å². The van der Waals surface area contributed by atoms with E-state index in [1.54, 1.807) is 25.1 Å². The summed E-state index contributed by atoms with van der Waals surface area (Å²) >= 11 is 0. The molecule has 5 rings (SSSR count). The van der Waals surface area contributed by atoms with Crippen LogP contribution < -0.4 is 10.6 Å². The molecule has 0 saturated carbocycles. The molecule has 194 valence electrons. The first-order valence-corrected chi connectivity index (χ1v) is 13.4. The van der Waals surface area contributed by atoms with Crippen LogP contribution in [0, 0.1) is 18.6 Å². The van der Waals surface area contributed by atoms with E-state index in [4.69, 9.17) is 0 Å². The van der Waals surface area contributed by atoms with Gasteiger partial charge in [-0.25, -0.2) is 32.2 Å². The Bertz CT molecular complexity index is 1560. The van der Waals surface area contributed by atoms with Crippen molar-refractivity contribution in [2.24, 2.45) is 0 Å². The monoisotopic (exact) mass is 527 g/mol. The first-order valence-electron chi connectivity index (χ1n) is 11.9. The Labute approximate surface area is 213 Å². The molecule has 0 atom stereocenters. The van der Waals surface area contributed by atoms with Gasteiger partial charge in [0.25, 0.3) is 0 Å². The second-order valence-corrected chi connectivity index (χ2v) is 11.1. The second-order valence-electron chi connectivity index (χ2n) is 9.14. The summed E-state index contributed by atoms with van der Waals surface area (Å²) in [5.74, 6) is -0.518. The molecular weight excluding hydrogens is 500 g/mol. The number of aromatic nitrogens is 4. The first kappa shape index (κ1) is 25.2. The van der Waals surface area contributed by atoms with Gasteiger partial charge in [0.2, 0.25) is 16.0 Å². The number of halogens is 2. The van der Waals surface area contributed by atoms with Crippen LogP contribution in [0.25, 0.3) is 22.3 Å². The van der Waals surface area contributed by atoms with E-state index < -0.39 is 21.7 Å². The minimum atomic E-state index is -3.59. The largest absolute Gasteiger partial charge is 0.326 e. The lowest BCUT2D eigenvalue weighted by Gasteiger charge is -2.26. The van der Waals surface area contributed by atoms with E-state index in [1.165, 1.54) is 22.5 Å². The Balaban J connectivity index is 1.44. The highest BCUT2D eigenvalue weighted by atomic mass is 32.2. The van der Waals surface area contributed by atoms with Crippen LogP contribution in [-0.2, 0) is 10.0 Å². The average molecular weight is 528 g/mol. The molecule has 0 spiro atoms. The smallest absolute Gasteiger partial charge is 0.243 e. The van der Waals surface area contributed by atoms with E-state index in [-0.39, 0.29) is 33.7 Å². The van der Waals surface area contributed by atoms with Gasteiger partial charge in [-0.2, -0.15) is 4.31 Å². The van der Waals surface area contributed by atoms with E-state index in [9.17, 15) is 17.2 Å². The maximum atomic E-state index is 14.9. The van der Waals surface area contributed by atoms with Crippen LogP contribution in [0.3, 0.4) is 0 Å². The standard InChI is InChI=1S/C25H27F2N7O2S/c1-15(2)34-16(3)30-24-20(26)12-17(13-22(24)34)23-21(27)14-29-25(32-23)31-18-4-6-19(7-5-18)37(35,36)33-10-8-28-9-11-33/h4-7,12-15,28H,8-11H2,1-3H3,(H,29,31,32). The van der Waals surface area contributed by atoms with E-state index in [0.29, 0.717) is 43.2 Å². The van der Waals surface area contributed by atoms with Crippen LogP contribution in [-0.4, -0.2) is 58.4 Å². The summed E-state index contributed by atoms with van der Waals surface area (Å²) < 4.78 is 58.8. The van der Waals surface area contributed by atoms with Crippen molar-refractivity contribution in [1.29, 1.82) is 0 Å². The lowest BCUT2D eigenvalue weighted by atomic mass is 10.1. The van der Waals surface area contributed by atoms with E-state index in [0.717, 1.165) is 6.20 Å². The number of hydrogen-bond donors (Lipinski definition) is 2. The predicted molar refractivity (Wildman–Crippen MR) is 137 cm³/mol. The molecule has 12 heteroatoms. The van der Waals surface area contributed by atoms with Crippen LogP contribution in [0.2, 0.25) is 0 Å². The number of sulfonamides is 1. The van der Waals surface area contributed by atoms with Gasteiger partial charge in [-0.05, 0) is 57.2 Å². The summed E-state index contributed by atoms with van der Waals surface area (Å²) in [6, 6.07) is 9.11.